The van der Waals surface area contributed by atoms with Gasteiger partial charge in [-0.05, 0) is 36.2 Å². The van der Waals surface area contributed by atoms with E-state index < -0.39 is 0 Å². The summed E-state index contributed by atoms with van der Waals surface area (Å²) >= 11 is 3.44. The molecule has 0 aliphatic carbocycles. The van der Waals surface area contributed by atoms with Crippen LogP contribution in [0.15, 0.2) is 28.7 Å². The van der Waals surface area contributed by atoms with E-state index in [4.69, 9.17) is 9.47 Å². The van der Waals surface area contributed by atoms with Gasteiger partial charge in [0.05, 0.1) is 7.11 Å². The van der Waals surface area contributed by atoms with E-state index in [0.29, 0.717) is 5.75 Å². The maximum absolute atomic E-state index is 11.2. The van der Waals surface area contributed by atoms with Crippen LogP contribution in [0.4, 0.5) is 0 Å². The molecule has 0 heterocycles. The molecule has 0 saturated heterocycles. The van der Waals surface area contributed by atoms with E-state index >= 15 is 0 Å². The van der Waals surface area contributed by atoms with Crippen LogP contribution in [0.1, 0.15) is 19.4 Å². The zero-order chi connectivity index (χ0) is 14.0. The van der Waals surface area contributed by atoms with Gasteiger partial charge in [0.1, 0.15) is 11.5 Å². The Morgan fingerprint density at radius 1 is 1.16 bits per heavy atom. The minimum Gasteiger partial charge on any atom is -0.496 e. The second kappa shape index (κ2) is 5.61. The summed E-state index contributed by atoms with van der Waals surface area (Å²) in [6, 6.07) is 7.79. The molecule has 0 N–H and O–H groups in total. The first-order valence-electron chi connectivity index (χ1n) is 6.03. The number of esters is 1. The lowest BCUT2D eigenvalue weighted by atomic mass is 10.0. The highest BCUT2D eigenvalue weighted by atomic mass is 79.9. The van der Waals surface area contributed by atoms with Crippen molar-refractivity contribution < 1.29 is 14.3 Å². The molecule has 0 saturated carbocycles. The van der Waals surface area contributed by atoms with Crippen LogP contribution in [-0.2, 0) is 11.2 Å². The molecule has 2 aromatic rings. The van der Waals surface area contributed by atoms with Gasteiger partial charge >= 0.3 is 5.97 Å². The molecule has 2 aromatic carbocycles. The Morgan fingerprint density at radius 3 is 2.42 bits per heavy atom. The second-order valence-corrected chi connectivity index (χ2v) is 5.16. The predicted molar refractivity (Wildman–Crippen MR) is 78.9 cm³/mol. The van der Waals surface area contributed by atoms with E-state index in [9.17, 15) is 4.79 Å². The predicted octanol–water partition coefficient (Wildman–Crippen LogP) is 4.10. The molecule has 0 fully saturated rings. The van der Waals surface area contributed by atoms with Crippen LogP contribution >= 0.6 is 15.9 Å². The number of benzene rings is 2. The van der Waals surface area contributed by atoms with E-state index in [1.54, 1.807) is 7.11 Å². The van der Waals surface area contributed by atoms with Gasteiger partial charge in [-0.25, -0.2) is 0 Å². The van der Waals surface area contributed by atoms with E-state index in [0.717, 1.165) is 33.0 Å². The highest BCUT2D eigenvalue weighted by Gasteiger charge is 2.12. The van der Waals surface area contributed by atoms with E-state index in [1.807, 2.05) is 18.2 Å². The fourth-order valence-electron chi connectivity index (χ4n) is 2.03. The normalized spacial score (nSPS) is 10.5. The molecule has 0 amide bonds. The quantitative estimate of drug-likeness (QED) is 0.630. The van der Waals surface area contributed by atoms with Crippen LogP contribution < -0.4 is 9.47 Å². The Balaban J connectivity index is 2.77. The first-order valence-corrected chi connectivity index (χ1v) is 6.83. The van der Waals surface area contributed by atoms with Gasteiger partial charge in [-0.15, -0.1) is 0 Å². The number of halogens is 1. The third-order valence-electron chi connectivity index (χ3n) is 2.90. The lowest BCUT2D eigenvalue weighted by Gasteiger charge is -2.12. The van der Waals surface area contributed by atoms with Crippen molar-refractivity contribution in [2.45, 2.75) is 20.3 Å². The molecule has 0 radical (unpaired) electrons. The lowest BCUT2D eigenvalue weighted by molar-refractivity contribution is -0.131. The number of carbonyl (C=O) groups is 1. The number of fused-ring (bicyclic) bond motifs is 1. The lowest BCUT2D eigenvalue weighted by Crippen LogP contribution is -2.03. The van der Waals surface area contributed by atoms with Gasteiger partial charge in [0.15, 0.2) is 0 Å². The van der Waals surface area contributed by atoms with Gasteiger partial charge in [-0.2, -0.15) is 0 Å². The summed E-state index contributed by atoms with van der Waals surface area (Å²) < 4.78 is 11.6. The highest BCUT2D eigenvalue weighted by molar-refractivity contribution is 9.10. The largest absolute Gasteiger partial charge is 0.496 e. The molecule has 0 aliphatic rings. The third-order valence-corrected chi connectivity index (χ3v) is 3.36. The van der Waals surface area contributed by atoms with Crippen molar-refractivity contribution in [3.05, 3.63) is 34.3 Å². The summed E-state index contributed by atoms with van der Waals surface area (Å²) in [5.74, 6) is 1.00. The van der Waals surface area contributed by atoms with Gasteiger partial charge in [0.25, 0.3) is 0 Å². The molecule has 100 valence electrons. The monoisotopic (exact) mass is 322 g/mol. The number of hydrogen-bond acceptors (Lipinski definition) is 3. The van der Waals surface area contributed by atoms with Crippen LogP contribution in [0, 0.1) is 0 Å². The first-order chi connectivity index (χ1) is 9.05. The molecule has 0 spiro atoms. The van der Waals surface area contributed by atoms with Gasteiger partial charge in [0, 0.05) is 22.2 Å². The Bertz CT molecular complexity index is 635. The fraction of sp³-hybridized carbons (Fsp3) is 0.267. The van der Waals surface area contributed by atoms with E-state index in [1.165, 1.54) is 6.92 Å². The minimum absolute atomic E-state index is 0.325. The first kappa shape index (κ1) is 13.9. The average molecular weight is 323 g/mol. The second-order valence-electron chi connectivity index (χ2n) is 4.24. The molecule has 0 bridgehead atoms. The molecular weight excluding hydrogens is 308 g/mol. The Hall–Kier alpha value is -1.55. The van der Waals surface area contributed by atoms with Crippen molar-refractivity contribution in [1.82, 2.24) is 0 Å². The van der Waals surface area contributed by atoms with Crippen molar-refractivity contribution in [3.63, 3.8) is 0 Å². The van der Waals surface area contributed by atoms with Crippen LogP contribution in [-0.4, -0.2) is 13.1 Å². The maximum Gasteiger partial charge on any atom is 0.308 e. The summed E-state index contributed by atoms with van der Waals surface area (Å²) in [7, 11) is 1.63. The number of methoxy groups -OCH3 is 1. The Kier molecular flexibility index (Phi) is 4.10. The SMILES string of the molecule is CCc1cc(OC(C)=O)c2cc(Br)cc(OC)c2c1. The molecule has 0 aromatic heterocycles. The van der Waals surface area contributed by atoms with E-state index in [2.05, 4.69) is 28.9 Å². The number of carbonyl (C=O) groups excluding carboxylic acids is 1. The molecule has 0 unspecified atom stereocenters. The summed E-state index contributed by atoms with van der Waals surface area (Å²) in [4.78, 5) is 11.2. The van der Waals surface area contributed by atoms with Gasteiger partial charge in [0.2, 0.25) is 0 Å². The molecule has 2 rings (SSSR count). The molecule has 19 heavy (non-hydrogen) atoms. The van der Waals surface area contributed by atoms with Crippen LogP contribution in [0.25, 0.3) is 10.8 Å². The Labute approximate surface area is 120 Å². The smallest absolute Gasteiger partial charge is 0.308 e. The van der Waals surface area contributed by atoms with Gasteiger partial charge in [-0.1, -0.05) is 22.9 Å². The number of ether oxygens (including phenoxy) is 2. The number of rotatable bonds is 3. The average Bonchev–Trinajstić information content (AvgIpc) is 2.37. The Morgan fingerprint density at radius 2 is 1.84 bits per heavy atom. The van der Waals surface area contributed by atoms with Crippen molar-refractivity contribution in [3.8, 4) is 11.5 Å². The summed E-state index contributed by atoms with van der Waals surface area (Å²) in [5, 5.41) is 1.81. The molecule has 4 heteroatoms. The fourth-order valence-corrected chi connectivity index (χ4v) is 2.47. The molecule has 3 nitrogen and oxygen atoms in total. The highest BCUT2D eigenvalue weighted by Crippen LogP contribution is 2.36. The summed E-state index contributed by atoms with van der Waals surface area (Å²) in [5.41, 5.74) is 1.10. The van der Waals surface area contributed by atoms with Crippen LogP contribution in [0.3, 0.4) is 0 Å². The zero-order valence-electron chi connectivity index (χ0n) is 11.1. The van der Waals surface area contributed by atoms with Crippen LogP contribution in [0.2, 0.25) is 0 Å². The molecule has 0 atom stereocenters. The van der Waals surface area contributed by atoms with Crippen molar-refractivity contribution in [2.75, 3.05) is 7.11 Å². The molecular formula is C15H15BrO3. The van der Waals surface area contributed by atoms with Crippen molar-refractivity contribution >= 4 is 32.7 Å². The van der Waals surface area contributed by atoms with Gasteiger partial charge in [-0.3, -0.25) is 4.79 Å². The van der Waals surface area contributed by atoms with E-state index in [-0.39, 0.29) is 5.97 Å². The van der Waals surface area contributed by atoms with Crippen molar-refractivity contribution in [1.29, 1.82) is 0 Å². The van der Waals surface area contributed by atoms with Crippen LogP contribution in [0.5, 0.6) is 11.5 Å². The number of hydrogen-bond donors (Lipinski definition) is 0. The number of aryl methyl sites for hydroxylation is 1. The maximum atomic E-state index is 11.2. The van der Waals surface area contributed by atoms with Gasteiger partial charge < -0.3 is 9.47 Å². The molecule has 0 aliphatic heterocycles. The van der Waals surface area contributed by atoms with Crippen molar-refractivity contribution in [2.24, 2.45) is 0 Å². The summed E-state index contributed by atoms with van der Waals surface area (Å²) in [6.45, 7) is 3.46. The zero-order valence-corrected chi connectivity index (χ0v) is 12.7. The third kappa shape index (κ3) is 2.89. The standard InChI is InChI=1S/C15H15BrO3/c1-4-10-5-12-13(15(6-10)19-9(2)17)7-11(16)8-14(12)18-3/h5-8H,4H2,1-3H3. The summed E-state index contributed by atoms with van der Waals surface area (Å²) in [6.07, 6.45) is 0.865. The topological polar surface area (TPSA) is 35.5 Å². The minimum atomic E-state index is -0.325.